The number of anilines is 1. The van der Waals surface area contributed by atoms with Gasteiger partial charge in [-0.15, -0.1) is 0 Å². The van der Waals surface area contributed by atoms with Crippen LogP contribution in [0.1, 0.15) is 33.1 Å². The minimum atomic E-state index is -2.95. The zero-order chi connectivity index (χ0) is 14.4. The van der Waals surface area contributed by atoms with Crippen LogP contribution in [0, 0.1) is 0 Å². The first kappa shape index (κ1) is 16.3. The number of alkyl halides is 2. The van der Waals surface area contributed by atoms with E-state index >= 15 is 0 Å². The highest BCUT2D eigenvalue weighted by atomic mass is 35.5. The highest BCUT2D eigenvalue weighted by molar-refractivity contribution is 6.37. The van der Waals surface area contributed by atoms with Crippen molar-refractivity contribution in [1.29, 1.82) is 0 Å². The van der Waals surface area contributed by atoms with Crippen LogP contribution in [0.5, 0.6) is 5.75 Å². The lowest BCUT2D eigenvalue weighted by Gasteiger charge is -2.17. The Labute approximate surface area is 122 Å². The third kappa shape index (κ3) is 5.41. The molecule has 1 unspecified atom stereocenters. The summed E-state index contributed by atoms with van der Waals surface area (Å²) in [6.45, 7) is 1.22. The lowest BCUT2D eigenvalue weighted by Crippen LogP contribution is -2.15. The van der Waals surface area contributed by atoms with Crippen LogP contribution in [0.2, 0.25) is 10.0 Å². The van der Waals surface area contributed by atoms with Crippen molar-refractivity contribution in [2.24, 2.45) is 0 Å². The standard InChI is InChI=1S/C13H17Cl2F2NO/c1-3-4-5-8(2)18-9-6-10(14)12(11(15)7-9)19-13(16)17/h6-8,13,18H,3-5H2,1-2H3. The first-order chi connectivity index (χ1) is 8.93. The Morgan fingerprint density at radius 1 is 1.26 bits per heavy atom. The summed E-state index contributed by atoms with van der Waals surface area (Å²) < 4.78 is 28.6. The molecule has 1 rings (SSSR count). The van der Waals surface area contributed by atoms with E-state index in [-0.39, 0.29) is 21.8 Å². The molecule has 0 saturated heterocycles. The highest BCUT2D eigenvalue weighted by Crippen LogP contribution is 2.37. The van der Waals surface area contributed by atoms with Crippen LogP contribution < -0.4 is 10.1 Å². The van der Waals surface area contributed by atoms with Gasteiger partial charge in [0, 0.05) is 11.7 Å². The predicted octanol–water partition coefficient (Wildman–Crippen LogP) is 5.59. The lowest BCUT2D eigenvalue weighted by molar-refractivity contribution is -0.0497. The number of benzene rings is 1. The second-order valence-corrected chi connectivity index (χ2v) is 5.15. The van der Waals surface area contributed by atoms with Crippen LogP contribution in [0.4, 0.5) is 14.5 Å². The van der Waals surface area contributed by atoms with Crippen molar-refractivity contribution in [2.45, 2.75) is 45.8 Å². The molecule has 0 aliphatic heterocycles. The molecule has 0 aliphatic carbocycles. The summed E-state index contributed by atoms with van der Waals surface area (Å²) in [4.78, 5) is 0. The molecule has 0 spiro atoms. The van der Waals surface area contributed by atoms with Gasteiger partial charge in [0.2, 0.25) is 0 Å². The van der Waals surface area contributed by atoms with Gasteiger partial charge in [0.1, 0.15) is 0 Å². The Hall–Kier alpha value is -0.740. The molecule has 0 amide bonds. The maximum Gasteiger partial charge on any atom is 0.387 e. The summed E-state index contributed by atoms with van der Waals surface area (Å²) >= 11 is 11.8. The van der Waals surface area contributed by atoms with Crippen molar-refractivity contribution in [3.8, 4) is 5.75 Å². The average Bonchev–Trinajstić information content (AvgIpc) is 2.31. The molecule has 0 heterocycles. The molecular weight excluding hydrogens is 295 g/mol. The summed E-state index contributed by atoms with van der Waals surface area (Å²) in [6, 6.07) is 3.33. The summed E-state index contributed by atoms with van der Waals surface area (Å²) in [5.41, 5.74) is 0.695. The monoisotopic (exact) mass is 311 g/mol. The second kappa shape index (κ2) is 7.75. The molecule has 1 aromatic carbocycles. The number of unbranched alkanes of at least 4 members (excludes halogenated alkanes) is 1. The Balaban J connectivity index is 2.77. The van der Waals surface area contributed by atoms with Gasteiger partial charge in [-0.05, 0) is 25.5 Å². The zero-order valence-corrected chi connectivity index (χ0v) is 12.4. The molecule has 1 atom stereocenters. The Morgan fingerprint density at radius 3 is 2.32 bits per heavy atom. The minimum absolute atomic E-state index is 0.0676. The zero-order valence-electron chi connectivity index (χ0n) is 10.9. The summed E-state index contributed by atoms with van der Waals surface area (Å²) in [5, 5.41) is 3.36. The quantitative estimate of drug-likeness (QED) is 0.709. The van der Waals surface area contributed by atoms with Gasteiger partial charge in [0.15, 0.2) is 5.75 Å². The Morgan fingerprint density at radius 2 is 1.84 bits per heavy atom. The fourth-order valence-electron chi connectivity index (χ4n) is 1.71. The van der Waals surface area contributed by atoms with Crippen LogP contribution in [-0.4, -0.2) is 12.7 Å². The van der Waals surface area contributed by atoms with E-state index in [2.05, 4.69) is 17.0 Å². The average molecular weight is 312 g/mol. The normalized spacial score (nSPS) is 12.6. The van der Waals surface area contributed by atoms with E-state index in [1.165, 1.54) is 12.1 Å². The molecule has 0 aromatic heterocycles. The van der Waals surface area contributed by atoms with Gasteiger partial charge in [-0.1, -0.05) is 43.0 Å². The van der Waals surface area contributed by atoms with Crippen LogP contribution in [0.25, 0.3) is 0 Å². The van der Waals surface area contributed by atoms with Crippen LogP contribution in [0.3, 0.4) is 0 Å². The molecule has 0 saturated carbocycles. The largest absolute Gasteiger partial charge is 0.432 e. The third-order valence-electron chi connectivity index (χ3n) is 2.61. The van der Waals surface area contributed by atoms with Gasteiger partial charge >= 0.3 is 6.61 Å². The van der Waals surface area contributed by atoms with Crippen molar-refractivity contribution in [3.05, 3.63) is 22.2 Å². The minimum Gasteiger partial charge on any atom is -0.432 e. The van der Waals surface area contributed by atoms with Crippen LogP contribution in [-0.2, 0) is 0 Å². The summed E-state index contributed by atoms with van der Waals surface area (Å²) in [6.07, 6.45) is 3.25. The van der Waals surface area contributed by atoms with E-state index in [4.69, 9.17) is 23.2 Å². The Bertz CT molecular complexity index is 393. The van der Waals surface area contributed by atoms with Gasteiger partial charge in [0.25, 0.3) is 0 Å². The molecule has 0 aliphatic rings. The number of hydrogen-bond donors (Lipinski definition) is 1. The SMILES string of the molecule is CCCCC(C)Nc1cc(Cl)c(OC(F)F)c(Cl)c1. The molecule has 2 nitrogen and oxygen atoms in total. The summed E-state index contributed by atoms with van der Waals surface area (Å²) in [7, 11) is 0. The maximum absolute atomic E-state index is 12.2. The highest BCUT2D eigenvalue weighted by Gasteiger charge is 2.14. The molecule has 1 N–H and O–H groups in total. The molecule has 0 radical (unpaired) electrons. The number of hydrogen-bond acceptors (Lipinski definition) is 2. The smallest absolute Gasteiger partial charge is 0.387 e. The Kier molecular flexibility index (Phi) is 6.66. The lowest BCUT2D eigenvalue weighted by atomic mass is 10.1. The van der Waals surface area contributed by atoms with E-state index in [1.807, 2.05) is 6.92 Å². The molecule has 19 heavy (non-hydrogen) atoms. The molecule has 1 aromatic rings. The van der Waals surface area contributed by atoms with Gasteiger partial charge in [-0.25, -0.2) is 0 Å². The molecule has 0 fully saturated rings. The molecule has 0 bridgehead atoms. The third-order valence-corrected chi connectivity index (χ3v) is 3.17. The van der Waals surface area contributed by atoms with Gasteiger partial charge in [0.05, 0.1) is 10.0 Å². The number of nitrogens with one attached hydrogen (secondary N) is 1. The van der Waals surface area contributed by atoms with Crippen molar-refractivity contribution < 1.29 is 13.5 Å². The molecule has 6 heteroatoms. The van der Waals surface area contributed by atoms with E-state index in [0.717, 1.165) is 19.3 Å². The van der Waals surface area contributed by atoms with Crippen LogP contribution >= 0.6 is 23.2 Å². The van der Waals surface area contributed by atoms with Gasteiger partial charge in [-0.2, -0.15) is 8.78 Å². The fourth-order valence-corrected chi connectivity index (χ4v) is 2.29. The maximum atomic E-state index is 12.2. The van der Waals surface area contributed by atoms with Crippen molar-refractivity contribution in [1.82, 2.24) is 0 Å². The first-order valence-corrected chi connectivity index (χ1v) is 6.90. The fraction of sp³-hybridized carbons (Fsp3) is 0.538. The van der Waals surface area contributed by atoms with E-state index in [1.54, 1.807) is 0 Å². The van der Waals surface area contributed by atoms with Crippen molar-refractivity contribution in [3.63, 3.8) is 0 Å². The van der Waals surface area contributed by atoms with E-state index in [9.17, 15) is 8.78 Å². The van der Waals surface area contributed by atoms with Crippen molar-refractivity contribution >= 4 is 28.9 Å². The second-order valence-electron chi connectivity index (χ2n) is 4.34. The van der Waals surface area contributed by atoms with Crippen molar-refractivity contribution in [2.75, 3.05) is 5.32 Å². The van der Waals surface area contributed by atoms with Gasteiger partial charge < -0.3 is 10.1 Å². The number of ether oxygens (including phenoxy) is 1. The molecular formula is C13H17Cl2F2NO. The first-order valence-electron chi connectivity index (χ1n) is 6.14. The van der Waals surface area contributed by atoms with Gasteiger partial charge in [-0.3, -0.25) is 0 Å². The molecule has 108 valence electrons. The van der Waals surface area contributed by atoms with E-state index in [0.29, 0.717) is 5.69 Å². The van der Waals surface area contributed by atoms with E-state index < -0.39 is 6.61 Å². The predicted molar refractivity (Wildman–Crippen MR) is 75.7 cm³/mol. The van der Waals surface area contributed by atoms with Crippen LogP contribution in [0.15, 0.2) is 12.1 Å². The number of halogens is 4. The number of rotatable bonds is 7. The topological polar surface area (TPSA) is 21.3 Å². The summed E-state index contributed by atoms with van der Waals surface area (Å²) in [5.74, 6) is -0.190.